The van der Waals surface area contributed by atoms with Crippen LogP contribution in [0.2, 0.25) is 0 Å². The molecule has 0 aliphatic carbocycles. The molecule has 0 radical (unpaired) electrons. The second-order valence-electron chi connectivity index (χ2n) is 6.59. The van der Waals surface area contributed by atoms with Gasteiger partial charge in [-0.1, -0.05) is 13.8 Å². The van der Waals surface area contributed by atoms with Crippen molar-refractivity contribution in [3.63, 3.8) is 0 Å². The topological polar surface area (TPSA) is 88.4 Å². The number of pyridine rings is 1. The summed E-state index contributed by atoms with van der Waals surface area (Å²) in [5.74, 6) is -1.67. The summed E-state index contributed by atoms with van der Waals surface area (Å²) in [6, 6.07) is 2.35. The number of carboxylic acid groups (broad SMARTS) is 1. The van der Waals surface area contributed by atoms with Gasteiger partial charge in [-0.25, -0.2) is 4.79 Å². The van der Waals surface area contributed by atoms with Gasteiger partial charge in [0.1, 0.15) is 6.04 Å². The molecular weight excluding hydrogens is 284 g/mol. The Hall–Kier alpha value is -2.11. The highest BCUT2D eigenvalue weighted by atomic mass is 16.4. The Morgan fingerprint density at radius 1 is 1.36 bits per heavy atom. The smallest absolute Gasteiger partial charge is 0.326 e. The molecule has 1 atom stereocenters. The number of carbonyl (C=O) groups is 2. The van der Waals surface area contributed by atoms with Gasteiger partial charge in [-0.3, -0.25) is 9.59 Å². The van der Waals surface area contributed by atoms with Gasteiger partial charge in [0.05, 0.1) is 5.41 Å². The first-order chi connectivity index (χ1) is 10.0. The molecule has 2 N–H and O–H groups in total. The number of carbonyl (C=O) groups excluding carboxylic acids is 1. The SMILES string of the molecule is Cc1ccn(CC(C)(C)C(=O)NC(C(=O)O)C(C)C)c(=O)c1. The lowest BCUT2D eigenvalue weighted by Gasteiger charge is -2.27. The van der Waals surface area contributed by atoms with Gasteiger partial charge in [0, 0.05) is 18.8 Å². The van der Waals surface area contributed by atoms with Crippen LogP contribution in [0.3, 0.4) is 0 Å². The van der Waals surface area contributed by atoms with E-state index >= 15 is 0 Å². The Bertz CT molecular complexity index is 617. The summed E-state index contributed by atoms with van der Waals surface area (Å²) in [5, 5.41) is 11.7. The second kappa shape index (κ2) is 6.77. The molecule has 0 aromatic carbocycles. The normalized spacial score (nSPS) is 13.0. The van der Waals surface area contributed by atoms with E-state index in [2.05, 4.69) is 5.32 Å². The molecule has 122 valence electrons. The number of carboxylic acids is 1. The third-order valence-corrected chi connectivity index (χ3v) is 3.55. The molecule has 1 heterocycles. The molecular formula is C16H24N2O4. The summed E-state index contributed by atoms with van der Waals surface area (Å²) >= 11 is 0. The Kier molecular flexibility index (Phi) is 5.52. The van der Waals surface area contributed by atoms with E-state index < -0.39 is 17.4 Å². The molecule has 0 spiro atoms. The average molecular weight is 308 g/mol. The summed E-state index contributed by atoms with van der Waals surface area (Å²) in [5.41, 5.74) is -0.226. The van der Waals surface area contributed by atoms with Crippen LogP contribution >= 0.6 is 0 Å². The molecule has 0 bridgehead atoms. The van der Waals surface area contributed by atoms with Crippen LogP contribution in [0.1, 0.15) is 33.3 Å². The monoisotopic (exact) mass is 308 g/mol. The van der Waals surface area contributed by atoms with Gasteiger partial charge in [0.15, 0.2) is 0 Å². The molecule has 0 saturated carbocycles. The fraction of sp³-hybridized carbons (Fsp3) is 0.562. The van der Waals surface area contributed by atoms with Crippen LogP contribution in [0.5, 0.6) is 0 Å². The zero-order valence-corrected chi connectivity index (χ0v) is 13.7. The Morgan fingerprint density at radius 3 is 2.41 bits per heavy atom. The molecule has 0 saturated heterocycles. The molecule has 1 aromatic rings. The highest BCUT2D eigenvalue weighted by Gasteiger charge is 2.33. The third kappa shape index (κ3) is 4.44. The fourth-order valence-corrected chi connectivity index (χ4v) is 2.09. The van der Waals surface area contributed by atoms with Gasteiger partial charge < -0.3 is 15.0 Å². The van der Waals surface area contributed by atoms with E-state index in [1.165, 1.54) is 10.6 Å². The van der Waals surface area contributed by atoms with Crippen LogP contribution in [0.4, 0.5) is 0 Å². The maximum atomic E-state index is 12.4. The van der Waals surface area contributed by atoms with Crippen molar-refractivity contribution in [3.05, 3.63) is 34.2 Å². The van der Waals surface area contributed by atoms with Crippen LogP contribution in [0.25, 0.3) is 0 Å². The molecule has 1 unspecified atom stereocenters. The van der Waals surface area contributed by atoms with Crippen LogP contribution in [0, 0.1) is 18.3 Å². The molecule has 1 aromatic heterocycles. The number of nitrogens with one attached hydrogen (secondary N) is 1. The van der Waals surface area contributed by atoms with Crippen molar-refractivity contribution < 1.29 is 14.7 Å². The number of rotatable bonds is 6. The number of amides is 1. The van der Waals surface area contributed by atoms with Gasteiger partial charge in [-0.2, -0.15) is 0 Å². The van der Waals surface area contributed by atoms with Gasteiger partial charge in [0.25, 0.3) is 5.56 Å². The van der Waals surface area contributed by atoms with Crippen molar-refractivity contribution in [2.45, 2.75) is 47.2 Å². The van der Waals surface area contributed by atoms with Gasteiger partial charge in [-0.15, -0.1) is 0 Å². The van der Waals surface area contributed by atoms with Crippen molar-refractivity contribution in [1.29, 1.82) is 0 Å². The zero-order chi connectivity index (χ0) is 17.1. The van der Waals surface area contributed by atoms with Crippen LogP contribution in [-0.2, 0) is 16.1 Å². The average Bonchev–Trinajstić information content (AvgIpc) is 2.38. The van der Waals surface area contributed by atoms with E-state index in [9.17, 15) is 14.4 Å². The minimum Gasteiger partial charge on any atom is -0.480 e. The zero-order valence-electron chi connectivity index (χ0n) is 13.7. The molecule has 0 aliphatic heterocycles. The number of hydrogen-bond acceptors (Lipinski definition) is 3. The molecule has 6 heteroatoms. The summed E-state index contributed by atoms with van der Waals surface area (Å²) in [7, 11) is 0. The lowest BCUT2D eigenvalue weighted by Crippen LogP contribution is -2.50. The first-order valence-electron chi connectivity index (χ1n) is 7.25. The van der Waals surface area contributed by atoms with E-state index in [0.29, 0.717) is 0 Å². The Morgan fingerprint density at radius 2 is 1.95 bits per heavy atom. The van der Waals surface area contributed by atoms with E-state index in [4.69, 9.17) is 5.11 Å². The van der Waals surface area contributed by atoms with E-state index in [0.717, 1.165) is 5.56 Å². The first kappa shape index (κ1) is 17.9. The van der Waals surface area contributed by atoms with E-state index in [-0.39, 0.29) is 23.9 Å². The number of nitrogens with zero attached hydrogens (tertiary/aromatic N) is 1. The number of aliphatic carboxylic acids is 1. The standard InChI is InChI=1S/C16H24N2O4/c1-10(2)13(14(20)21)17-15(22)16(4,5)9-18-7-6-11(3)8-12(18)19/h6-8,10,13H,9H2,1-5H3,(H,17,22)(H,20,21). The highest BCUT2D eigenvalue weighted by Crippen LogP contribution is 2.19. The Labute approximate surface area is 130 Å². The second-order valence-corrected chi connectivity index (χ2v) is 6.59. The van der Waals surface area contributed by atoms with Crippen molar-refractivity contribution in [2.75, 3.05) is 0 Å². The minimum absolute atomic E-state index is 0.181. The molecule has 0 fully saturated rings. The largest absolute Gasteiger partial charge is 0.480 e. The molecule has 6 nitrogen and oxygen atoms in total. The predicted molar refractivity (Wildman–Crippen MR) is 83.6 cm³/mol. The van der Waals surface area contributed by atoms with Crippen molar-refractivity contribution in [3.8, 4) is 0 Å². The van der Waals surface area contributed by atoms with Crippen molar-refractivity contribution >= 4 is 11.9 Å². The third-order valence-electron chi connectivity index (χ3n) is 3.55. The van der Waals surface area contributed by atoms with Crippen LogP contribution in [-0.4, -0.2) is 27.6 Å². The number of aromatic nitrogens is 1. The Balaban J connectivity index is 2.91. The molecule has 1 rings (SSSR count). The first-order valence-corrected chi connectivity index (χ1v) is 7.25. The van der Waals surface area contributed by atoms with Crippen LogP contribution in [0.15, 0.2) is 23.1 Å². The van der Waals surface area contributed by atoms with Gasteiger partial charge >= 0.3 is 5.97 Å². The van der Waals surface area contributed by atoms with Crippen molar-refractivity contribution in [1.82, 2.24) is 9.88 Å². The summed E-state index contributed by atoms with van der Waals surface area (Å²) in [6.45, 7) is 8.85. The van der Waals surface area contributed by atoms with Crippen molar-refractivity contribution in [2.24, 2.45) is 11.3 Å². The summed E-state index contributed by atoms with van der Waals surface area (Å²) in [4.78, 5) is 35.5. The number of aryl methyl sites for hydroxylation is 1. The van der Waals surface area contributed by atoms with Gasteiger partial charge in [-0.05, 0) is 38.3 Å². The van der Waals surface area contributed by atoms with E-state index in [1.54, 1.807) is 40.0 Å². The summed E-state index contributed by atoms with van der Waals surface area (Å²) < 4.78 is 1.46. The summed E-state index contributed by atoms with van der Waals surface area (Å²) in [6.07, 6.45) is 1.64. The maximum absolute atomic E-state index is 12.4. The van der Waals surface area contributed by atoms with E-state index in [1.807, 2.05) is 6.92 Å². The minimum atomic E-state index is -1.06. The lowest BCUT2D eigenvalue weighted by molar-refractivity contribution is -0.145. The lowest BCUT2D eigenvalue weighted by atomic mass is 9.90. The molecule has 1 amide bonds. The van der Waals surface area contributed by atoms with Gasteiger partial charge in [0.2, 0.25) is 5.91 Å². The predicted octanol–water partition coefficient (Wildman–Crippen LogP) is 1.41. The number of hydrogen-bond donors (Lipinski definition) is 2. The quantitative estimate of drug-likeness (QED) is 0.831. The maximum Gasteiger partial charge on any atom is 0.326 e. The molecule has 0 aliphatic rings. The van der Waals surface area contributed by atoms with Crippen LogP contribution < -0.4 is 10.9 Å². The highest BCUT2D eigenvalue weighted by molar-refractivity contribution is 5.87. The fourth-order valence-electron chi connectivity index (χ4n) is 2.09. The molecule has 22 heavy (non-hydrogen) atoms.